The number of ether oxygens (including phenoxy) is 2. The van der Waals surface area contributed by atoms with Gasteiger partial charge in [0, 0.05) is 0 Å². The Morgan fingerprint density at radius 1 is 0.968 bits per heavy atom. The van der Waals surface area contributed by atoms with Gasteiger partial charge in [0.1, 0.15) is 18.1 Å². The molecule has 0 amide bonds. The van der Waals surface area contributed by atoms with Gasteiger partial charge in [0.25, 0.3) is 0 Å². The van der Waals surface area contributed by atoms with E-state index < -0.39 is 11.6 Å². The Hall–Kier alpha value is -3.53. The highest BCUT2D eigenvalue weighted by molar-refractivity contribution is 5.79. The lowest BCUT2D eigenvalue weighted by atomic mass is 10.00. The van der Waals surface area contributed by atoms with Gasteiger partial charge in [-0.25, -0.2) is 4.79 Å². The van der Waals surface area contributed by atoms with Crippen LogP contribution in [0.3, 0.4) is 0 Å². The van der Waals surface area contributed by atoms with E-state index in [1.807, 2.05) is 0 Å². The van der Waals surface area contributed by atoms with Crippen LogP contribution in [0.1, 0.15) is 37.5 Å². The summed E-state index contributed by atoms with van der Waals surface area (Å²) < 4.78 is 11.3. The van der Waals surface area contributed by atoms with Crippen LogP contribution in [0.4, 0.5) is 0 Å². The van der Waals surface area contributed by atoms with Crippen LogP contribution in [-0.4, -0.2) is 23.3 Å². The molecule has 0 spiro atoms. The van der Waals surface area contributed by atoms with E-state index in [-0.39, 0.29) is 0 Å². The number of hydrogen-bond donors (Lipinski definition) is 1. The number of carboxylic acid groups (broad SMARTS) is 1. The first-order valence-corrected chi connectivity index (χ1v) is 10.4. The van der Waals surface area contributed by atoms with Crippen LogP contribution in [0.15, 0.2) is 72.8 Å². The summed E-state index contributed by atoms with van der Waals surface area (Å²) in [5.41, 5.74) is 6.52. The second-order valence-corrected chi connectivity index (χ2v) is 8.29. The van der Waals surface area contributed by atoms with Crippen LogP contribution >= 0.6 is 0 Å². The number of rotatable bonds is 7. The zero-order chi connectivity index (χ0) is 22.0. The van der Waals surface area contributed by atoms with Gasteiger partial charge >= 0.3 is 5.97 Å². The largest absolute Gasteiger partial charge is 0.490 e. The first-order chi connectivity index (χ1) is 14.8. The summed E-state index contributed by atoms with van der Waals surface area (Å²) in [6.45, 7) is 5.58. The fourth-order valence-electron chi connectivity index (χ4n) is 3.71. The summed E-state index contributed by atoms with van der Waals surface area (Å²) in [5, 5.41) is 9.16. The van der Waals surface area contributed by atoms with Crippen LogP contribution < -0.4 is 9.47 Å². The minimum Gasteiger partial charge on any atom is -0.490 e. The Bertz CT molecular complexity index is 1140. The van der Waals surface area contributed by atoms with E-state index in [1.165, 1.54) is 47.2 Å². The van der Waals surface area contributed by atoms with Gasteiger partial charge in [0.2, 0.25) is 0 Å². The van der Waals surface area contributed by atoms with E-state index >= 15 is 0 Å². The molecule has 0 aliphatic heterocycles. The van der Waals surface area contributed by atoms with Gasteiger partial charge < -0.3 is 14.6 Å². The van der Waals surface area contributed by atoms with Crippen molar-refractivity contribution in [2.75, 3.05) is 6.61 Å². The van der Waals surface area contributed by atoms with Crippen molar-refractivity contribution in [1.29, 1.82) is 0 Å². The molecule has 0 fully saturated rings. The summed E-state index contributed by atoms with van der Waals surface area (Å²) in [4.78, 5) is 11.2. The van der Waals surface area contributed by atoms with Crippen molar-refractivity contribution in [2.45, 2.75) is 32.8 Å². The molecule has 158 valence electrons. The van der Waals surface area contributed by atoms with Crippen molar-refractivity contribution in [1.82, 2.24) is 0 Å². The fraction of sp³-hybridized carbons (Fsp3) is 0.222. The van der Waals surface area contributed by atoms with Gasteiger partial charge in [-0.2, -0.15) is 0 Å². The Kier molecular flexibility index (Phi) is 5.55. The number of carbonyl (C=O) groups is 1. The van der Waals surface area contributed by atoms with Crippen molar-refractivity contribution in [3.05, 3.63) is 89.5 Å². The Morgan fingerprint density at radius 3 is 2.39 bits per heavy atom. The Morgan fingerprint density at radius 2 is 1.65 bits per heavy atom. The van der Waals surface area contributed by atoms with Crippen molar-refractivity contribution < 1.29 is 19.4 Å². The molecule has 0 saturated heterocycles. The minimum absolute atomic E-state index is 0.448. The first-order valence-electron chi connectivity index (χ1n) is 10.4. The summed E-state index contributed by atoms with van der Waals surface area (Å²) in [7, 11) is 0. The third-order valence-electron chi connectivity index (χ3n) is 5.60. The molecule has 1 aliphatic rings. The Labute approximate surface area is 182 Å². The van der Waals surface area contributed by atoms with Crippen molar-refractivity contribution in [3.8, 4) is 22.6 Å². The standard InChI is InChI=1S/C27H26O4/c1-18(19-8-13-25-21(16-19)17-20-6-4-5-7-24(20)25)14-15-30-22-9-11-23(12-10-22)31-27(2,3)26(28)29/h4-14,16H,15,17H2,1-3H3,(H,28,29)/b18-14+. The molecule has 4 nitrogen and oxygen atoms in total. The third kappa shape index (κ3) is 4.48. The molecule has 0 radical (unpaired) electrons. The third-order valence-corrected chi connectivity index (χ3v) is 5.60. The molecule has 31 heavy (non-hydrogen) atoms. The lowest BCUT2D eigenvalue weighted by Crippen LogP contribution is -2.37. The van der Waals surface area contributed by atoms with Crippen LogP contribution in [0.5, 0.6) is 11.5 Å². The maximum absolute atomic E-state index is 11.2. The highest BCUT2D eigenvalue weighted by Crippen LogP contribution is 2.37. The topological polar surface area (TPSA) is 55.8 Å². The lowest BCUT2D eigenvalue weighted by Gasteiger charge is -2.21. The van der Waals surface area contributed by atoms with E-state index in [2.05, 4.69) is 55.5 Å². The minimum atomic E-state index is -1.28. The summed E-state index contributed by atoms with van der Waals surface area (Å²) in [6, 6.07) is 22.2. The monoisotopic (exact) mass is 414 g/mol. The second kappa shape index (κ2) is 8.31. The Balaban J connectivity index is 1.38. The van der Waals surface area contributed by atoms with Crippen LogP contribution in [0.2, 0.25) is 0 Å². The van der Waals surface area contributed by atoms with E-state index in [9.17, 15) is 4.79 Å². The summed E-state index contributed by atoms with van der Waals surface area (Å²) >= 11 is 0. The molecule has 1 aliphatic carbocycles. The summed E-state index contributed by atoms with van der Waals surface area (Å²) in [6.07, 6.45) is 3.05. The molecule has 3 aromatic rings. The SMILES string of the molecule is C/C(=C\COc1ccc(OC(C)(C)C(=O)O)cc1)c1ccc2c(c1)Cc1ccccc1-2. The number of aliphatic carboxylic acids is 1. The van der Waals surface area contributed by atoms with Crippen LogP contribution in [0, 0.1) is 0 Å². The van der Waals surface area contributed by atoms with Gasteiger partial charge in [-0.15, -0.1) is 0 Å². The lowest BCUT2D eigenvalue weighted by molar-refractivity contribution is -0.152. The van der Waals surface area contributed by atoms with Crippen molar-refractivity contribution >= 4 is 11.5 Å². The van der Waals surface area contributed by atoms with Gasteiger partial charge in [-0.3, -0.25) is 0 Å². The number of fused-ring (bicyclic) bond motifs is 3. The van der Waals surface area contributed by atoms with Crippen molar-refractivity contribution in [2.24, 2.45) is 0 Å². The van der Waals surface area contributed by atoms with Crippen LogP contribution in [-0.2, 0) is 11.2 Å². The van der Waals surface area contributed by atoms with Crippen LogP contribution in [0.25, 0.3) is 16.7 Å². The number of hydrogen-bond acceptors (Lipinski definition) is 3. The molecule has 0 bridgehead atoms. The number of benzene rings is 3. The smallest absolute Gasteiger partial charge is 0.347 e. The van der Waals surface area contributed by atoms with E-state index in [4.69, 9.17) is 14.6 Å². The molecule has 0 atom stereocenters. The van der Waals surface area contributed by atoms with Gasteiger partial charge in [-0.05, 0) is 90.9 Å². The number of allylic oxidation sites excluding steroid dienone is 1. The second-order valence-electron chi connectivity index (χ2n) is 8.29. The molecule has 4 heteroatoms. The molecule has 0 aromatic heterocycles. The quantitative estimate of drug-likeness (QED) is 0.404. The van der Waals surface area contributed by atoms with Gasteiger partial charge in [0.15, 0.2) is 5.60 Å². The van der Waals surface area contributed by atoms with Gasteiger partial charge in [-0.1, -0.05) is 42.5 Å². The zero-order valence-corrected chi connectivity index (χ0v) is 18.0. The first kappa shape index (κ1) is 20.7. The average molecular weight is 415 g/mol. The highest BCUT2D eigenvalue weighted by Gasteiger charge is 2.29. The molecule has 1 N–H and O–H groups in total. The van der Waals surface area contributed by atoms with E-state index in [0.29, 0.717) is 18.1 Å². The maximum Gasteiger partial charge on any atom is 0.347 e. The summed E-state index contributed by atoms with van der Waals surface area (Å²) in [5.74, 6) is 0.184. The fourth-order valence-corrected chi connectivity index (χ4v) is 3.71. The number of carboxylic acids is 1. The normalized spacial score (nSPS) is 12.8. The molecule has 0 heterocycles. The maximum atomic E-state index is 11.2. The molecule has 4 rings (SSSR count). The molecular formula is C27H26O4. The predicted octanol–water partition coefficient (Wildman–Crippen LogP) is 5.98. The molecule has 0 saturated carbocycles. The zero-order valence-electron chi connectivity index (χ0n) is 18.0. The molecule has 3 aromatic carbocycles. The van der Waals surface area contributed by atoms with Gasteiger partial charge in [0.05, 0.1) is 0 Å². The molecule has 0 unspecified atom stereocenters. The van der Waals surface area contributed by atoms with E-state index in [1.54, 1.807) is 24.3 Å². The van der Waals surface area contributed by atoms with Crippen molar-refractivity contribution in [3.63, 3.8) is 0 Å². The predicted molar refractivity (Wildman–Crippen MR) is 123 cm³/mol. The van der Waals surface area contributed by atoms with E-state index in [0.717, 1.165) is 6.42 Å². The average Bonchev–Trinajstić information content (AvgIpc) is 3.12. The molecular weight excluding hydrogens is 388 g/mol. The highest BCUT2D eigenvalue weighted by atomic mass is 16.5.